The van der Waals surface area contributed by atoms with Crippen LogP contribution in [0.5, 0.6) is 5.75 Å². The van der Waals surface area contributed by atoms with E-state index in [0.717, 1.165) is 19.3 Å². The summed E-state index contributed by atoms with van der Waals surface area (Å²) in [6.07, 6.45) is 4.79. The van der Waals surface area contributed by atoms with Gasteiger partial charge in [0.1, 0.15) is 5.75 Å². The fourth-order valence-corrected chi connectivity index (χ4v) is 2.28. The van der Waals surface area contributed by atoms with Crippen molar-refractivity contribution in [2.45, 2.75) is 19.3 Å². The van der Waals surface area contributed by atoms with Gasteiger partial charge in [-0.15, -0.1) is 0 Å². The molecule has 0 saturated carbocycles. The van der Waals surface area contributed by atoms with Gasteiger partial charge in [0.25, 0.3) is 0 Å². The lowest BCUT2D eigenvalue weighted by molar-refractivity contribution is 0.436. The highest BCUT2D eigenvalue weighted by molar-refractivity contribution is 5.78. The van der Waals surface area contributed by atoms with Gasteiger partial charge in [-0.1, -0.05) is 5.16 Å². The van der Waals surface area contributed by atoms with Gasteiger partial charge in [0.15, 0.2) is 0 Å². The number of nitrogen functional groups attached to an aromatic ring is 1. The molecule has 1 heterocycles. The Morgan fingerprint density at radius 3 is 2.62 bits per heavy atom. The summed E-state index contributed by atoms with van der Waals surface area (Å²) in [5.41, 5.74) is 9.53. The number of benzene rings is 1. The van der Waals surface area contributed by atoms with Gasteiger partial charge in [-0.25, -0.2) is 0 Å². The Morgan fingerprint density at radius 1 is 1.19 bits per heavy atom. The predicted molar refractivity (Wildman–Crippen MR) is 60.0 cm³/mol. The molecule has 0 radical (unpaired) electrons. The van der Waals surface area contributed by atoms with E-state index in [1.54, 1.807) is 0 Å². The molecule has 2 aromatic rings. The third-order valence-electron chi connectivity index (χ3n) is 3.10. The number of hydrogen-bond donors (Lipinski definition) is 2. The third kappa shape index (κ3) is 1.26. The molecule has 1 aromatic heterocycles. The average Bonchev–Trinajstić information content (AvgIpc) is 2.85. The number of phenols is 1. The van der Waals surface area contributed by atoms with E-state index in [-0.39, 0.29) is 11.6 Å². The molecule has 0 fully saturated rings. The molecule has 4 heteroatoms. The van der Waals surface area contributed by atoms with Crippen LogP contribution in [0.3, 0.4) is 0 Å². The number of rotatable bonds is 1. The van der Waals surface area contributed by atoms with Gasteiger partial charge in [0, 0.05) is 5.56 Å². The molecule has 0 amide bonds. The first-order valence-corrected chi connectivity index (χ1v) is 5.31. The molecule has 3 rings (SSSR count). The lowest BCUT2D eigenvalue weighted by Gasteiger charge is -2.06. The van der Waals surface area contributed by atoms with Gasteiger partial charge in [0.2, 0.25) is 5.88 Å². The molecular weight excluding hydrogens is 204 g/mol. The van der Waals surface area contributed by atoms with Gasteiger partial charge in [-0.05, 0) is 42.5 Å². The third-order valence-corrected chi connectivity index (χ3v) is 3.10. The lowest BCUT2D eigenvalue weighted by Crippen LogP contribution is -1.89. The molecule has 16 heavy (non-hydrogen) atoms. The topological polar surface area (TPSA) is 72.3 Å². The molecule has 0 bridgehead atoms. The average molecular weight is 216 g/mol. The van der Waals surface area contributed by atoms with E-state index in [4.69, 9.17) is 10.3 Å². The Morgan fingerprint density at radius 2 is 1.94 bits per heavy atom. The van der Waals surface area contributed by atoms with Crippen LogP contribution in [-0.4, -0.2) is 10.3 Å². The maximum Gasteiger partial charge on any atom is 0.230 e. The number of fused-ring (bicyclic) bond motifs is 1. The first-order valence-electron chi connectivity index (χ1n) is 5.31. The van der Waals surface area contributed by atoms with E-state index in [1.165, 1.54) is 17.3 Å². The van der Waals surface area contributed by atoms with Crippen molar-refractivity contribution in [3.63, 3.8) is 0 Å². The van der Waals surface area contributed by atoms with Crippen molar-refractivity contribution < 1.29 is 9.63 Å². The van der Waals surface area contributed by atoms with Gasteiger partial charge in [-0.2, -0.15) is 0 Å². The largest absolute Gasteiger partial charge is 0.507 e. The molecule has 0 atom stereocenters. The number of hydrogen-bond acceptors (Lipinski definition) is 4. The normalized spacial score (nSPS) is 14.0. The molecule has 3 N–H and O–H groups in total. The van der Waals surface area contributed by atoms with E-state index in [2.05, 4.69) is 5.16 Å². The van der Waals surface area contributed by atoms with Crippen LogP contribution in [0, 0.1) is 0 Å². The van der Waals surface area contributed by atoms with Crippen LogP contribution in [0.15, 0.2) is 22.9 Å². The zero-order valence-corrected chi connectivity index (χ0v) is 8.73. The lowest BCUT2D eigenvalue weighted by atomic mass is 10.0. The van der Waals surface area contributed by atoms with Crippen molar-refractivity contribution in [3.8, 4) is 16.9 Å². The molecule has 0 saturated heterocycles. The molecule has 0 spiro atoms. The van der Waals surface area contributed by atoms with E-state index >= 15 is 0 Å². The standard InChI is InChI=1S/C12H12N2O2/c13-12-10(6-14-16-12)9-4-7-2-1-3-8(7)5-11(9)15/h4-6,15H,1-3,13H2. The fourth-order valence-electron chi connectivity index (χ4n) is 2.28. The summed E-state index contributed by atoms with van der Waals surface area (Å²) >= 11 is 0. The van der Waals surface area contributed by atoms with Crippen LogP contribution in [0.2, 0.25) is 0 Å². The second-order valence-electron chi connectivity index (χ2n) is 4.10. The molecule has 0 aliphatic heterocycles. The Kier molecular flexibility index (Phi) is 1.89. The first-order chi connectivity index (χ1) is 7.75. The van der Waals surface area contributed by atoms with Crippen LogP contribution < -0.4 is 5.73 Å². The second-order valence-corrected chi connectivity index (χ2v) is 4.10. The summed E-state index contributed by atoms with van der Waals surface area (Å²) in [6.45, 7) is 0. The van der Waals surface area contributed by atoms with Gasteiger partial charge in [0.05, 0.1) is 11.8 Å². The smallest absolute Gasteiger partial charge is 0.230 e. The van der Waals surface area contributed by atoms with Gasteiger partial charge < -0.3 is 15.4 Å². The molecule has 0 unspecified atom stereocenters. The predicted octanol–water partition coefficient (Wildman–Crippen LogP) is 2.12. The summed E-state index contributed by atoms with van der Waals surface area (Å²) < 4.78 is 4.81. The van der Waals surface area contributed by atoms with Crippen LogP contribution in [0.4, 0.5) is 5.88 Å². The number of nitrogens with two attached hydrogens (primary N) is 1. The van der Waals surface area contributed by atoms with Crippen molar-refractivity contribution in [3.05, 3.63) is 29.5 Å². The molecule has 1 aliphatic carbocycles. The van der Waals surface area contributed by atoms with Crippen molar-refractivity contribution in [1.29, 1.82) is 0 Å². The summed E-state index contributed by atoms with van der Waals surface area (Å²) in [5, 5.41) is 13.6. The Bertz CT molecular complexity index is 546. The summed E-state index contributed by atoms with van der Waals surface area (Å²) in [4.78, 5) is 0. The monoisotopic (exact) mass is 216 g/mol. The van der Waals surface area contributed by atoms with Crippen molar-refractivity contribution in [2.24, 2.45) is 0 Å². The van der Waals surface area contributed by atoms with E-state index in [1.807, 2.05) is 12.1 Å². The zero-order chi connectivity index (χ0) is 11.1. The minimum Gasteiger partial charge on any atom is -0.507 e. The summed E-state index contributed by atoms with van der Waals surface area (Å²) in [6, 6.07) is 3.81. The molecule has 1 aromatic carbocycles. The van der Waals surface area contributed by atoms with Gasteiger partial charge in [-0.3, -0.25) is 0 Å². The highest BCUT2D eigenvalue weighted by atomic mass is 16.5. The Hall–Kier alpha value is -1.97. The number of aromatic hydroxyl groups is 1. The SMILES string of the molecule is Nc1oncc1-c1cc2c(cc1O)CCC2. The van der Waals surface area contributed by atoms with Crippen LogP contribution in [-0.2, 0) is 12.8 Å². The highest BCUT2D eigenvalue weighted by Crippen LogP contribution is 2.37. The van der Waals surface area contributed by atoms with E-state index in [9.17, 15) is 5.11 Å². The van der Waals surface area contributed by atoms with E-state index < -0.39 is 0 Å². The highest BCUT2D eigenvalue weighted by Gasteiger charge is 2.17. The number of aromatic nitrogens is 1. The number of nitrogens with zero attached hydrogens (tertiary/aromatic N) is 1. The van der Waals surface area contributed by atoms with E-state index in [0.29, 0.717) is 11.1 Å². The number of phenolic OH excluding ortho intramolecular Hbond substituents is 1. The van der Waals surface area contributed by atoms with Gasteiger partial charge >= 0.3 is 0 Å². The zero-order valence-electron chi connectivity index (χ0n) is 8.73. The first kappa shape index (κ1) is 9.27. The fraction of sp³-hybridized carbons (Fsp3) is 0.250. The molecule has 1 aliphatic rings. The minimum absolute atomic E-state index is 0.244. The molecule has 4 nitrogen and oxygen atoms in total. The Labute approximate surface area is 92.7 Å². The number of aryl methyl sites for hydroxylation is 2. The second kappa shape index (κ2) is 3.27. The van der Waals surface area contributed by atoms with Crippen molar-refractivity contribution >= 4 is 5.88 Å². The van der Waals surface area contributed by atoms with Crippen LogP contribution >= 0.6 is 0 Å². The van der Waals surface area contributed by atoms with Crippen LogP contribution in [0.1, 0.15) is 17.5 Å². The Balaban J connectivity index is 2.18. The van der Waals surface area contributed by atoms with Crippen LogP contribution in [0.25, 0.3) is 11.1 Å². The minimum atomic E-state index is 0.244. The summed E-state index contributed by atoms with van der Waals surface area (Å²) in [7, 11) is 0. The number of anilines is 1. The van der Waals surface area contributed by atoms with Crippen molar-refractivity contribution in [2.75, 3.05) is 5.73 Å². The maximum atomic E-state index is 9.95. The maximum absolute atomic E-state index is 9.95. The molecular formula is C12H12N2O2. The van der Waals surface area contributed by atoms with Crippen molar-refractivity contribution in [1.82, 2.24) is 5.16 Å². The quantitative estimate of drug-likeness (QED) is 0.765. The molecule has 82 valence electrons. The summed E-state index contributed by atoms with van der Waals surface area (Å²) in [5.74, 6) is 0.490.